The van der Waals surface area contributed by atoms with E-state index in [1.807, 2.05) is 13.0 Å². The molecule has 2 aromatic heterocycles. The Morgan fingerprint density at radius 2 is 2.31 bits per heavy atom. The Bertz CT molecular complexity index is 555. The van der Waals surface area contributed by atoms with Gasteiger partial charge in [0, 0.05) is 12.3 Å². The van der Waals surface area contributed by atoms with Crippen molar-refractivity contribution in [3.63, 3.8) is 0 Å². The number of aryl methyl sites for hydroxylation is 1. The van der Waals surface area contributed by atoms with Crippen molar-refractivity contribution in [3.8, 4) is 17.5 Å². The lowest BCUT2D eigenvalue weighted by atomic mass is 10.1. The van der Waals surface area contributed by atoms with Crippen LogP contribution in [0.2, 0.25) is 0 Å². The lowest BCUT2D eigenvalue weighted by molar-refractivity contribution is 0.267. The second-order valence-corrected chi connectivity index (χ2v) is 3.34. The van der Waals surface area contributed by atoms with Gasteiger partial charge in [-0.25, -0.2) is 0 Å². The molecule has 5 heteroatoms. The van der Waals surface area contributed by atoms with Crippen molar-refractivity contribution < 1.29 is 9.63 Å². The van der Waals surface area contributed by atoms with Crippen molar-refractivity contribution in [2.75, 3.05) is 0 Å². The second kappa shape index (κ2) is 4.13. The summed E-state index contributed by atoms with van der Waals surface area (Å²) in [6, 6.07) is 5.41. The largest absolute Gasteiger partial charge is 0.390 e. The maximum absolute atomic E-state index is 8.85. The predicted octanol–water partition coefficient (Wildman–Crippen LogP) is 1.41. The van der Waals surface area contributed by atoms with Crippen LogP contribution < -0.4 is 0 Å². The zero-order valence-corrected chi connectivity index (χ0v) is 8.64. The van der Waals surface area contributed by atoms with E-state index in [1.165, 1.54) is 6.20 Å². The summed E-state index contributed by atoms with van der Waals surface area (Å²) in [5.74, 6) is 0.483. The monoisotopic (exact) mass is 215 g/mol. The molecule has 0 spiro atoms. The van der Waals surface area contributed by atoms with Crippen molar-refractivity contribution in [1.29, 1.82) is 5.26 Å². The topological polar surface area (TPSA) is 82.9 Å². The van der Waals surface area contributed by atoms with Gasteiger partial charge in [-0.1, -0.05) is 5.16 Å². The first-order valence-electron chi connectivity index (χ1n) is 4.68. The number of aliphatic hydroxyl groups excluding tert-OH is 1. The van der Waals surface area contributed by atoms with Crippen LogP contribution in [0.1, 0.15) is 16.8 Å². The Labute approximate surface area is 92.0 Å². The number of hydrogen-bond donors (Lipinski definition) is 1. The molecule has 0 saturated carbocycles. The average Bonchev–Trinajstić information content (AvgIpc) is 2.77. The van der Waals surface area contributed by atoms with Gasteiger partial charge in [-0.3, -0.25) is 4.98 Å². The van der Waals surface area contributed by atoms with Gasteiger partial charge < -0.3 is 9.63 Å². The molecule has 80 valence electrons. The highest BCUT2D eigenvalue weighted by molar-refractivity contribution is 5.55. The average molecular weight is 215 g/mol. The summed E-state index contributed by atoms with van der Waals surface area (Å²) in [6.07, 6.45) is 1.49. The van der Waals surface area contributed by atoms with Gasteiger partial charge in [-0.2, -0.15) is 5.26 Å². The first-order chi connectivity index (χ1) is 7.74. The number of aliphatic hydroxyl groups is 1. The maximum Gasteiger partial charge on any atom is 0.185 e. The summed E-state index contributed by atoms with van der Waals surface area (Å²) < 4.78 is 5.01. The van der Waals surface area contributed by atoms with Crippen LogP contribution in [-0.4, -0.2) is 15.2 Å². The zero-order chi connectivity index (χ0) is 11.5. The third kappa shape index (κ3) is 1.78. The Morgan fingerprint density at radius 3 is 2.88 bits per heavy atom. The van der Waals surface area contributed by atoms with E-state index in [1.54, 1.807) is 12.1 Å². The first-order valence-corrected chi connectivity index (χ1v) is 4.68. The molecule has 1 N–H and O–H groups in total. The molecule has 0 fully saturated rings. The molecule has 2 heterocycles. The molecule has 0 aliphatic heterocycles. The van der Waals surface area contributed by atoms with Gasteiger partial charge in [-0.05, 0) is 18.6 Å². The summed E-state index contributed by atoms with van der Waals surface area (Å²) in [5, 5.41) is 21.3. The maximum atomic E-state index is 8.85. The van der Waals surface area contributed by atoms with Crippen LogP contribution in [-0.2, 0) is 6.61 Å². The molecule has 0 aliphatic carbocycles. The number of pyridine rings is 1. The van der Waals surface area contributed by atoms with Crippen LogP contribution in [0, 0.1) is 18.3 Å². The van der Waals surface area contributed by atoms with E-state index < -0.39 is 0 Å². The Morgan fingerprint density at radius 1 is 1.50 bits per heavy atom. The molecule has 0 aliphatic rings. The van der Waals surface area contributed by atoms with Gasteiger partial charge in [0.2, 0.25) is 0 Å². The molecule has 0 unspecified atom stereocenters. The molecular formula is C11H9N3O2. The molecular weight excluding hydrogens is 206 g/mol. The number of aromatic nitrogens is 2. The van der Waals surface area contributed by atoms with Crippen molar-refractivity contribution in [2.24, 2.45) is 0 Å². The van der Waals surface area contributed by atoms with E-state index in [2.05, 4.69) is 10.1 Å². The van der Waals surface area contributed by atoms with Crippen LogP contribution in [0.3, 0.4) is 0 Å². The molecule has 16 heavy (non-hydrogen) atoms. The highest BCUT2D eigenvalue weighted by Crippen LogP contribution is 2.20. The van der Waals surface area contributed by atoms with E-state index in [-0.39, 0.29) is 6.61 Å². The summed E-state index contributed by atoms with van der Waals surface area (Å²) in [4.78, 5) is 4.09. The van der Waals surface area contributed by atoms with Crippen molar-refractivity contribution >= 4 is 0 Å². The van der Waals surface area contributed by atoms with Crippen LogP contribution >= 0.6 is 0 Å². The van der Waals surface area contributed by atoms with E-state index in [0.717, 1.165) is 5.56 Å². The summed E-state index contributed by atoms with van der Waals surface area (Å²) in [7, 11) is 0. The molecule has 0 amide bonds. The fourth-order valence-electron chi connectivity index (χ4n) is 1.31. The van der Waals surface area contributed by atoms with Gasteiger partial charge in [0.1, 0.15) is 17.5 Å². The number of nitriles is 1. The Hall–Kier alpha value is -2.19. The van der Waals surface area contributed by atoms with Crippen molar-refractivity contribution in [2.45, 2.75) is 13.5 Å². The summed E-state index contributed by atoms with van der Waals surface area (Å²) in [5.41, 5.74) is 2.42. The number of rotatable bonds is 2. The standard InChI is InChI=1S/C11H9N3O2/c1-7-2-10(13-5-8(7)4-12)11-3-9(6-15)14-16-11/h2-3,5,15H,6H2,1H3. The van der Waals surface area contributed by atoms with E-state index in [4.69, 9.17) is 14.9 Å². The molecule has 0 atom stereocenters. The minimum absolute atomic E-state index is 0.168. The second-order valence-electron chi connectivity index (χ2n) is 3.34. The summed E-state index contributed by atoms with van der Waals surface area (Å²) >= 11 is 0. The lowest BCUT2D eigenvalue weighted by Crippen LogP contribution is -1.87. The fourth-order valence-corrected chi connectivity index (χ4v) is 1.31. The van der Waals surface area contributed by atoms with Crippen LogP contribution in [0.5, 0.6) is 0 Å². The molecule has 0 radical (unpaired) electrons. The SMILES string of the molecule is Cc1cc(-c2cc(CO)no2)ncc1C#N. The van der Waals surface area contributed by atoms with Crippen molar-refractivity contribution in [1.82, 2.24) is 10.1 Å². The predicted molar refractivity (Wildman–Crippen MR) is 55.1 cm³/mol. The first kappa shape index (κ1) is 10.3. The third-order valence-corrected chi connectivity index (χ3v) is 2.20. The molecule has 2 aromatic rings. The minimum Gasteiger partial charge on any atom is -0.390 e. The van der Waals surface area contributed by atoms with Gasteiger partial charge >= 0.3 is 0 Å². The van der Waals surface area contributed by atoms with Gasteiger partial charge in [0.25, 0.3) is 0 Å². The molecule has 0 saturated heterocycles. The normalized spacial score (nSPS) is 10.1. The van der Waals surface area contributed by atoms with Crippen LogP contribution in [0.15, 0.2) is 22.9 Å². The van der Waals surface area contributed by atoms with Gasteiger partial charge in [-0.15, -0.1) is 0 Å². The molecule has 2 rings (SSSR count). The quantitative estimate of drug-likeness (QED) is 0.818. The van der Waals surface area contributed by atoms with E-state index >= 15 is 0 Å². The van der Waals surface area contributed by atoms with Crippen LogP contribution in [0.4, 0.5) is 0 Å². The zero-order valence-electron chi connectivity index (χ0n) is 8.64. The highest BCUT2D eigenvalue weighted by atomic mass is 16.5. The van der Waals surface area contributed by atoms with Crippen molar-refractivity contribution in [3.05, 3.63) is 35.2 Å². The number of nitrogens with zero attached hydrogens (tertiary/aromatic N) is 3. The molecule has 0 bridgehead atoms. The van der Waals surface area contributed by atoms with Gasteiger partial charge in [0.15, 0.2) is 5.76 Å². The van der Waals surface area contributed by atoms with E-state index in [0.29, 0.717) is 22.7 Å². The highest BCUT2D eigenvalue weighted by Gasteiger charge is 2.09. The fraction of sp³-hybridized carbons (Fsp3) is 0.182. The summed E-state index contributed by atoms with van der Waals surface area (Å²) in [6.45, 7) is 1.66. The molecule has 5 nitrogen and oxygen atoms in total. The van der Waals surface area contributed by atoms with E-state index in [9.17, 15) is 0 Å². The number of hydrogen-bond acceptors (Lipinski definition) is 5. The Balaban J connectivity index is 2.42. The Kier molecular flexibility index (Phi) is 2.66. The smallest absolute Gasteiger partial charge is 0.185 e. The van der Waals surface area contributed by atoms with Crippen LogP contribution in [0.25, 0.3) is 11.5 Å². The van der Waals surface area contributed by atoms with Gasteiger partial charge in [0.05, 0.1) is 12.2 Å². The third-order valence-electron chi connectivity index (χ3n) is 2.20. The minimum atomic E-state index is -0.168. The lowest BCUT2D eigenvalue weighted by Gasteiger charge is -1.98. The molecule has 0 aromatic carbocycles.